The zero-order valence-corrected chi connectivity index (χ0v) is 21.9. The molecule has 0 radical (unpaired) electrons. The zero-order chi connectivity index (χ0) is 24.6. The van der Waals surface area contributed by atoms with Gasteiger partial charge in [0, 0.05) is 44.5 Å². The Morgan fingerprint density at radius 3 is 2.80 bits per heavy atom. The number of allylic oxidation sites excluding steroid dienone is 4. The van der Waals surface area contributed by atoms with E-state index in [-0.39, 0.29) is 27.9 Å². The van der Waals surface area contributed by atoms with Crippen molar-refractivity contribution in [2.24, 2.45) is 11.3 Å². The first-order chi connectivity index (χ1) is 16.9. The summed E-state index contributed by atoms with van der Waals surface area (Å²) in [5.41, 5.74) is 2.18. The van der Waals surface area contributed by atoms with Crippen molar-refractivity contribution in [2.45, 2.75) is 43.5 Å². The molecule has 1 aliphatic heterocycles. The molecule has 35 heavy (non-hydrogen) atoms. The lowest BCUT2D eigenvalue weighted by Gasteiger charge is -2.34. The van der Waals surface area contributed by atoms with Gasteiger partial charge in [-0.3, -0.25) is 0 Å². The molecule has 0 spiro atoms. The number of benzene rings is 1. The number of nitrogens with one attached hydrogen (secondary N) is 1. The molecule has 190 valence electrons. The van der Waals surface area contributed by atoms with Crippen LogP contribution in [0.25, 0.3) is 0 Å². The van der Waals surface area contributed by atoms with Crippen LogP contribution in [0.5, 0.6) is 0 Å². The van der Waals surface area contributed by atoms with Crippen molar-refractivity contribution in [3.63, 3.8) is 0 Å². The maximum absolute atomic E-state index is 13.6. The van der Waals surface area contributed by atoms with E-state index >= 15 is 0 Å². The molecule has 4 atom stereocenters. The lowest BCUT2D eigenvalue weighted by Crippen LogP contribution is -2.47. The van der Waals surface area contributed by atoms with E-state index in [1.807, 2.05) is 4.90 Å². The molecular formula is C27H35Cl2FN4O. The average molecular weight is 522 g/mol. The van der Waals surface area contributed by atoms with Gasteiger partial charge < -0.3 is 20.0 Å². The number of anilines is 1. The molecule has 2 unspecified atom stereocenters. The van der Waals surface area contributed by atoms with Crippen LogP contribution in [0.15, 0.2) is 42.0 Å². The first-order valence-corrected chi connectivity index (χ1v) is 13.6. The van der Waals surface area contributed by atoms with Gasteiger partial charge in [-0.05, 0) is 75.2 Å². The predicted molar refractivity (Wildman–Crippen MR) is 141 cm³/mol. The molecule has 1 N–H and O–H groups in total. The van der Waals surface area contributed by atoms with E-state index in [0.29, 0.717) is 18.2 Å². The summed E-state index contributed by atoms with van der Waals surface area (Å²) in [6.45, 7) is 6.04. The van der Waals surface area contributed by atoms with Crippen LogP contribution in [0.3, 0.4) is 0 Å². The largest absolute Gasteiger partial charge is 0.322 e. The average Bonchev–Trinajstić information content (AvgIpc) is 3.47. The summed E-state index contributed by atoms with van der Waals surface area (Å²) in [6.07, 6.45) is 11.5. The summed E-state index contributed by atoms with van der Waals surface area (Å²) < 4.78 is 13.6. The lowest BCUT2D eigenvalue weighted by atomic mass is 9.87. The molecule has 5 nitrogen and oxygen atoms in total. The molecule has 3 aliphatic carbocycles. The topological polar surface area (TPSA) is 38.8 Å². The number of carbonyl (C=O) groups is 1. The van der Waals surface area contributed by atoms with Crippen LogP contribution in [0.1, 0.15) is 32.1 Å². The Morgan fingerprint density at radius 2 is 2.09 bits per heavy atom. The fourth-order valence-electron chi connectivity index (χ4n) is 6.37. The second-order valence-corrected chi connectivity index (χ2v) is 11.6. The van der Waals surface area contributed by atoms with Crippen molar-refractivity contribution in [3.05, 3.63) is 52.8 Å². The van der Waals surface area contributed by atoms with E-state index in [0.717, 1.165) is 64.8 Å². The van der Waals surface area contributed by atoms with Gasteiger partial charge in [0.25, 0.3) is 0 Å². The second kappa shape index (κ2) is 10.4. The summed E-state index contributed by atoms with van der Waals surface area (Å²) in [7, 11) is 2.16. The highest BCUT2D eigenvalue weighted by Crippen LogP contribution is 2.69. The molecule has 1 saturated heterocycles. The van der Waals surface area contributed by atoms with Gasteiger partial charge in [0.1, 0.15) is 5.82 Å². The first-order valence-electron chi connectivity index (χ1n) is 12.8. The van der Waals surface area contributed by atoms with E-state index in [2.05, 4.69) is 40.4 Å². The molecule has 1 heterocycles. The third-order valence-electron chi connectivity index (χ3n) is 8.46. The minimum atomic E-state index is -0.486. The Labute approximate surface area is 217 Å². The van der Waals surface area contributed by atoms with Gasteiger partial charge in [-0.25, -0.2) is 9.18 Å². The number of rotatable bonds is 7. The fourth-order valence-corrected chi connectivity index (χ4v) is 6.80. The quantitative estimate of drug-likeness (QED) is 0.474. The van der Waals surface area contributed by atoms with Crippen molar-refractivity contribution >= 4 is 34.9 Å². The fraction of sp³-hybridized carbons (Fsp3) is 0.593. The number of carbonyl (C=O) groups excluding carboxylic acids is 1. The van der Waals surface area contributed by atoms with Gasteiger partial charge in [0.15, 0.2) is 0 Å². The van der Waals surface area contributed by atoms with Crippen LogP contribution in [-0.4, -0.2) is 78.5 Å². The molecule has 4 aliphatic rings. The minimum Gasteiger partial charge on any atom is -0.321 e. The van der Waals surface area contributed by atoms with Crippen molar-refractivity contribution in [2.75, 3.05) is 51.6 Å². The summed E-state index contributed by atoms with van der Waals surface area (Å²) >= 11 is 12.4. The lowest BCUT2D eigenvalue weighted by molar-refractivity contribution is 0.140. The number of piperazine rings is 1. The van der Waals surface area contributed by atoms with Crippen molar-refractivity contribution in [1.82, 2.24) is 14.7 Å². The van der Waals surface area contributed by atoms with E-state index in [4.69, 9.17) is 23.2 Å². The van der Waals surface area contributed by atoms with Gasteiger partial charge in [0.2, 0.25) is 0 Å². The van der Waals surface area contributed by atoms with Crippen LogP contribution >= 0.6 is 23.2 Å². The number of likely N-dealkylation sites (N-methyl/N-ethyl adjacent to an activating group) is 1. The molecule has 1 aromatic rings. The standard InChI is InChI=1S/C27H35Cl2FN4O/c1-32-12-14-33(15-13-32)10-3-11-34(26(35)31-21-6-7-24(30)23(29)17-21)25-8-9-27(18-22(25)27)19-4-2-5-20(28)16-19/h2,4-7,17,20,22,25H,3,8-16,18H2,1H3,(H,31,35)/t20?,22-,25-,27?/m1/s1. The van der Waals surface area contributed by atoms with E-state index < -0.39 is 5.82 Å². The highest BCUT2D eigenvalue weighted by molar-refractivity contribution is 6.31. The molecule has 0 bridgehead atoms. The number of fused-ring (bicyclic) bond motifs is 1. The summed E-state index contributed by atoms with van der Waals surface area (Å²) in [5, 5.41) is 3.07. The molecule has 5 rings (SSSR count). The third-order valence-corrected chi connectivity index (χ3v) is 9.05. The van der Waals surface area contributed by atoms with Crippen LogP contribution in [0.2, 0.25) is 5.02 Å². The van der Waals surface area contributed by atoms with Crippen LogP contribution in [0, 0.1) is 17.2 Å². The van der Waals surface area contributed by atoms with Gasteiger partial charge in [-0.1, -0.05) is 35.4 Å². The van der Waals surface area contributed by atoms with E-state index in [1.54, 1.807) is 6.07 Å². The summed E-state index contributed by atoms with van der Waals surface area (Å²) in [6, 6.07) is 4.43. The van der Waals surface area contributed by atoms with Crippen molar-refractivity contribution in [3.8, 4) is 0 Å². The highest BCUT2D eigenvalue weighted by atomic mass is 35.5. The third kappa shape index (κ3) is 5.41. The minimum absolute atomic E-state index is 0.0133. The highest BCUT2D eigenvalue weighted by Gasteiger charge is 2.64. The van der Waals surface area contributed by atoms with Crippen molar-refractivity contribution in [1.29, 1.82) is 0 Å². The van der Waals surface area contributed by atoms with Gasteiger partial charge in [0.05, 0.1) is 10.4 Å². The zero-order valence-electron chi connectivity index (χ0n) is 20.4. The summed E-state index contributed by atoms with van der Waals surface area (Å²) in [5.74, 6) is -0.00466. The van der Waals surface area contributed by atoms with Crippen LogP contribution in [0.4, 0.5) is 14.9 Å². The number of halogens is 3. The molecule has 1 aromatic carbocycles. The SMILES string of the molecule is CN1CCN(CCCN(C(=O)Nc2ccc(F)c(Cl)c2)[C@@H]2CCC3(C4=CC=CC(Cl)C4)C[C@H]23)CC1. The Hall–Kier alpha value is -1.60. The monoisotopic (exact) mass is 520 g/mol. The Morgan fingerprint density at radius 1 is 1.29 bits per heavy atom. The summed E-state index contributed by atoms with van der Waals surface area (Å²) in [4.78, 5) is 20.4. The Kier molecular flexibility index (Phi) is 7.45. The van der Waals surface area contributed by atoms with Gasteiger partial charge >= 0.3 is 6.03 Å². The van der Waals surface area contributed by atoms with Crippen molar-refractivity contribution < 1.29 is 9.18 Å². The van der Waals surface area contributed by atoms with Crippen LogP contribution in [-0.2, 0) is 0 Å². The predicted octanol–water partition coefficient (Wildman–Crippen LogP) is 5.61. The number of nitrogens with zero attached hydrogens (tertiary/aromatic N) is 3. The number of amides is 2. The number of alkyl halides is 1. The molecule has 8 heteroatoms. The molecule has 2 saturated carbocycles. The Balaban J connectivity index is 1.27. The Bertz CT molecular complexity index is 1010. The molecule has 2 amide bonds. The number of urea groups is 1. The van der Waals surface area contributed by atoms with Gasteiger partial charge in [-0.15, -0.1) is 11.6 Å². The normalized spacial score (nSPS) is 30.6. The first kappa shape index (κ1) is 25.1. The molecular weight excluding hydrogens is 486 g/mol. The second-order valence-electron chi connectivity index (χ2n) is 10.6. The molecule has 3 fully saturated rings. The molecule has 0 aromatic heterocycles. The maximum atomic E-state index is 13.6. The van der Waals surface area contributed by atoms with E-state index in [9.17, 15) is 9.18 Å². The number of hydrogen-bond acceptors (Lipinski definition) is 3. The smallest absolute Gasteiger partial charge is 0.321 e. The maximum Gasteiger partial charge on any atom is 0.322 e. The van der Waals surface area contributed by atoms with Crippen LogP contribution < -0.4 is 5.32 Å². The number of hydrogen-bond donors (Lipinski definition) is 1. The van der Waals surface area contributed by atoms with E-state index in [1.165, 1.54) is 17.7 Å². The van der Waals surface area contributed by atoms with Gasteiger partial charge in [-0.2, -0.15) is 0 Å².